The van der Waals surface area contributed by atoms with Gasteiger partial charge in [-0.1, -0.05) is 19.9 Å². The smallest absolute Gasteiger partial charge is 0.118 e. The molecule has 1 heterocycles. The summed E-state index contributed by atoms with van der Waals surface area (Å²) in [6, 6.07) is 7.20. The molecule has 4 heteroatoms. The van der Waals surface area contributed by atoms with Crippen molar-refractivity contribution in [2.45, 2.75) is 38.6 Å². The van der Waals surface area contributed by atoms with E-state index in [0.717, 1.165) is 23.8 Å². The van der Waals surface area contributed by atoms with Crippen LogP contribution in [0.25, 0.3) is 10.1 Å². The van der Waals surface area contributed by atoms with Gasteiger partial charge in [0.2, 0.25) is 0 Å². The monoisotopic (exact) mass is 273 g/mol. The maximum atomic E-state index is 13.2. The zero-order valence-corrected chi connectivity index (χ0v) is 11.3. The van der Waals surface area contributed by atoms with E-state index in [0.29, 0.717) is 16.0 Å². The van der Waals surface area contributed by atoms with Crippen molar-refractivity contribution in [2.24, 2.45) is 0 Å². The van der Waals surface area contributed by atoms with Gasteiger partial charge in [-0.25, -0.2) is 0 Å². The molecule has 0 fully saturated rings. The molecule has 0 radical (unpaired) electrons. The average molecular weight is 273 g/mol. The fourth-order valence-corrected chi connectivity index (χ4v) is 4.28. The Labute approximate surface area is 107 Å². The third-order valence-electron chi connectivity index (χ3n) is 3.01. The summed E-state index contributed by atoms with van der Waals surface area (Å²) in [5.41, 5.74) is -3.18. The number of halogens is 3. The lowest BCUT2D eigenvalue weighted by atomic mass is 10.1. The predicted octanol–water partition coefficient (Wildman–Crippen LogP) is 5.58. The molecule has 0 spiro atoms. The van der Waals surface area contributed by atoms with E-state index in [2.05, 4.69) is 0 Å². The highest BCUT2D eigenvalue weighted by atomic mass is 32.2. The maximum absolute atomic E-state index is 13.2. The van der Waals surface area contributed by atoms with E-state index in [-0.39, 0.29) is 0 Å². The van der Waals surface area contributed by atoms with Crippen molar-refractivity contribution >= 4 is 20.6 Å². The van der Waals surface area contributed by atoms with Crippen LogP contribution < -0.4 is 0 Å². The fourth-order valence-electron chi connectivity index (χ4n) is 2.16. The second-order valence-electron chi connectivity index (χ2n) is 4.34. The Hall–Kier alpha value is -1.03. The van der Waals surface area contributed by atoms with E-state index < -0.39 is 16.0 Å². The molecule has 1 aromatic carbocycles. The molecule has 0 N–H and O–H groups in total. The topological polar surface area (TPSA) is 0 Å². The standard InChI is InChI=1S/C14H16F3S/c1-3-5-12-9-11-7-6-10(4-2)8-13(11)18(12)14(15,16)17/h6-9H,3-5H2,1-2H3/q+1. The molecule has 2 rings (SSSR count). The lowest BCUT2D eigenvalue weighted by Crippen LogP contribution is -1.98. The van der Waals surface area contributed by atoms with E-state index in [4.69, 9.17) is 0 Å². The van der Waals surface area contributed by atoms with E-state index in [1.165, 1.54) is 0 Å². The second-order valence-corrected chi connectivity index (χ2v) is 6.38. The van der Waals surface area contributed by atoms with Crippen LogP contribution in [0.4, 0.5) is 13.2 Å². The number of rotatable bonds is 3. The number of hydrogen-bond acceptors (Lipinski definition) is 0. The number of benzene rings is 1. The molecule has 0 nitrogen and oxygen atoms in total. The molecule has 1 aromatic heterocycles. The van der Waals surface area contributed by atoms with Gasteiger partial charge >= 0.3 is 5.51 Å². The first kappa shape index (κ1) is 13.4. The highest BCUT2D eigenvalue weighted by Crippen LogP contribution is 2.51. The minimum absolute atomic E-state index is 0.463. The Balaban J connectivity index is 2.70. The Bertz CT molecular complexity index is 552. The van der Waals surface area contributed by atoms with Gasteiger partial charge in [-0.15, -0.1) is 13.2 Å². The molecule has 1 unspecified atom stereocenters. The number of fused-ring (bicyclic) bond motifs is 1. The zero-order valence-electron chi connectivity index (χ0n) is 10.5. The largest absolute Gasteiger partial charge is 0.600 e. The summed E-state index contributed by atoms with van der Waals surface area (Å²) in [6.45, 7) is 3.88. The van der Waals surface area contributed by atoms with Gasteiger partial charge in [-0.05, 0) is 24.5 Å². The van der Waals surface area contributed by atoms with E-state index >= 15 is 0 Å². The summed E-state index contributed by atoms with van der Waals surface area (Å²) in [5, 5.41) is 0.747. The van der Waals surface area contributed by atoms with Crippen LogP contribution in [0.2, 0.25) is 0 Å². The summed E-state index contributed by atoms with van der Waals surface area (Å²) >= 11 is 0. The Morgan fingerprint density at radius 1 is 1.11 bits per heavy atom. The second kappa shape index (κ2) is 4.92. The molecular weight excluding hydrogens is 257 g/mol. The van der Waals surface area contributed by atoms with Gasteiger partial charge < -0.3 is 0 Å². The Morgan fingerprint density at radius 2 is 1.83 bits per heavy atom. The van der Waals surface area contributed by atoms with Crippen LogP contribution >= 0.6 is 10.5 Å². The molecule has 98 valence electrons. The van der Waals surface area contributed by atoms with Gasteiger partial charge in [0.1, 0.15) is 0 Å². The van der Waals surface area contributed by atoms with Gasteiger partial charge in [0.15, 0.2) is 9.58 Å². The summed E-state index contributed by atoms with van der Waals surface area (Å²) in [6.07, 6.45) is 2.05. The van der Waals surface area contributed by atoms with Gasteiger partial charge in [0, 0.05) is 23.9 Å². The third kappa shape index (κ3) is 2.39. The van der Waals surface area contributed by atoms with Crippen molar-refractivity contribution in [3.63, 3.8) is 0 Å². The number of thiophene rings is 1. The van der Waals surface area contributed by atoms with Gasteiger partial charge in [0.25, 0.3) is 0 Å². The van der Waals surface area contributed by atoms with Gasteiger partial charge in [-0.3, -0.25) is 0 Å². The van der Waals surface area contributed by atoms with E-state index in [9.17, 15) is 13.2 Å². The van der Waals surface area contributed by atoms with Gasteiger partial charge in [-0.2, -0.15) is 0 Å². The van der Waals surface area contributed by atoms with Crippen LogP contribution in [0.15, 0.2) is 24.3 Å². The Kier molecular flexibility index (Phi) is 3.66. The molecule has 0 aliphatic carbocycles. The van der Waals surface area contributed by atoms with Crippen molar-refractivity contribution in [1.82, 2.24) is 0 Å². The normalized spacial score (nSPS) is 13.3. The van der Waals surface area contributed by atoms with E-state index in [1.54, 1.807) is 12.1 Å². The van der Waals surface area contributed by atoms with Gasteiger partial charge in [0.05, 0.1) is 10.5 Å². The lowest BCUT2D eigenvalue weighted by Gasteiger charge is -2.00. The number of hydrogen-bond donors (Lipinski definition) is 0. The molecule has 0 amide bonds. The third-order valence-corrected chi connectivity index (χ3v) is 5.12. The average Bonchev–Trinajstić information content (AvgIpc) is 2.65. The van der Waals surface area contributed by atoms with Crippen LogP contribution in [0.3, 0.4) is 0 Å². The SMILES string of the molecule is CCCc1cc2ccc(CC)cc2[s+]1C(F)(F)F. The first-order valence-corrected chi connectivity index (χ1v) is 7.34. The molecule has 0 aliphatic heterocycles. The highest BCUT2D eigenvalue weighted by Gasteiger charge is 2.47. The molecule has 0 aliphatic rings. The first-order valence-electron chi connectivity index (χ1n) is 6.12. The molecule has 0 saturated carbocycles. The van der Waals surface area contributed by atoms with Crippen molar-refractivity contribution in [2.75, 3.05) is 0 Å². The minimum atomic E-state index is -4.15. The van der Waals surface area contributed by atoms with Crippen LogP contribution in [-0.4, -0.2) is 0 Å². The lowest BCUT2D eigenvalue weighted by molar-refractivity contribution is -0.0867. The minimum Gasteiger partial charge on any atom is -0.118 e. The van der Waals surface area contributed by atoms with E-state index in [1.807, 2.05) is 26.0 Å². The summed E-state index contributed by atoms with van der Waals surface area (Å²) < 4.78 is 40.1. The van der Waals surface area contributed by atoms with Crippen molar-refractivity contribution < 1.29 is 13.2 Å². The van der Waals surface area contributed by atoms with Crippen LogP contribution in [-0.2, 0) is 18.3 Å². The zero-order chi connectivity index (χ0) is 13.3. The Morgan fingerprint density at radius 3 is 2.39 bits per heavy atom. The van der Waals surface area contributed by atoms with Crippen LogP contribution in [0.5, 0.6) is 0 Å². The van der Waals surface area contributed by atoms with Crippen LogP contribution in [0.1, 0.15) is 30.7 Å². The molecule has 0 bridgehead atoms. The summed E-state index contributed by atoms with van der Waals surface area (Å²) in [4.78, 5) is 0.535. The molecule has 1 atom stereocenters. The molecule has 2 aromatic rings. The first-order chi connectivity index (χ1) is 8.47. The number of aryl methyl sites for hydroxylation is 2. The fraction of sp³-hybridized carbons (Fsp3) is 0.429. The molecule has 18 heavy (non-hydrogen) atoms. The molecular formula is C14H16F3S+. The predicted molar refractivity (Wildman–Crippen MR) is 71.1 cm³/mol. The van der Waals surface area contributed by atoms with Crippen molar-refractivity contribution in [1.29, 1.82) is 0 Å². The maximum Gasteiger partial charge on any atom is 0.600 e. The van der Waals surface area contributed by atoms with Crippen LogP contribution in [0, 0.1) is 0 Å². The van der Waals surface area contributed by atoms with Crippen molar-refractivity contribution in [3.8, 4) is 0 Å². The quantitative estimate of drug-likeness (QED) is 0.640. The summed E-state index contributed by atoms with van der Waals surface area (Å²) in [7, 11) is -1.71. The number of alkyl halides is 3. The highest BCUT2D eigenvalue weighted by molar-refractivity contribution is 7.38. The molecule has 0 saturated heterocycles. The summed E-state index contributed by atoms with van der Waals surface area (Å²) in [5.74, 6) is 0. The van der Waals surface area contributed by atoms with Crippen molar-refractivity contribution in [3.05, 3.63) is 34.7 Å².